The van der Waals surface area contributed by atoms with Crippen LogP contribution in [0.5, 0.6) is 0 Å². The second-order valence-corrected chi connectivity index (χ2v) is 6.19. The third kappa shape index (κ3) is 2.63. The summed E-state index contributed by atoms with van der Waals surface area (Å²) in [6, 6.07) is -0.364. The zero-order valence-corrected chi connectivity index (χ0v) is 13.2. The molecule has 1 amide bonds. The lowest BCUT2D eigenvalue weighted by atomic mass is 10.1. The molecule has 122 valence electrons. The number of hydrogen-bond donors (Lipinski definition) is 0. The van der Waals surface area contributed by atoms with E-state index in [1.807, 2.05) is 6.92 Å². The summed E-state index contributed by atoms with van der Waals surface area (Å²) in [5, 5.41) is 8.13. The number of hydrogen-bond acceptors (Lipinski definition) is 6. The second kappa shape index (κ2) is 5.45. The molecule has 2 atom stereocenters. The van der Waals surface area contributed by atoms with Gasteiger partial charge in [0.05, 0.1) is 24.5 Å². The van der Waals surface area contributed by atoms with Gasteiger partial charge in [-0.3, -0.25) is 9.48 Å². The summed E-state index contributed by atoms with van der Waals surface area (Å²) >= 11 is 0. The number of aromatic nitrogens is 4. The Hall–Kier alpha value is -2.22. The van der Waals surface area contributed by atoms with Crippen molar-refractivity contribution in [2.24, 2.45) is 7.05 Å². The van der Waals surface area contributed by atoms with E-state index in [-0.39, 0.29) is 18.1 Å². The molecule has 2 aromatic rings. The van der Waals surface area contributed by atoms with E-state index in [2.05, 4.69) is 15.2 Å². The van der Waals surface area contributed by atoms with E-state index in [9.17, 15) is 4.79 Å². The van der Waals surface area contributed by atoms with Gasteiger partial charge in [-0.15, -0.1) is 0 Å². The Morgan fingerprint density at radius 1 is 1.39 bits per heavy atom. The number of carbonyl (C=O) groups excluding carboxylic acids is 1. The smallest absolute Gasteiger partial charge is 0.257 e. The van der Waals surface area contributed by atoms with E-state index >= 15 is 0 Å². The highest BCUT2D eigenvalue weighted by Crippen LogP contribution is 2.39. The predicted molar refractivity (Wildman–Crippen MR) is 78.7 cm³/mol. The third-order valence-electron chi connectivity index (χ3n) is 4.36. The Balaban J connectivity index is 1.63. The van der Waals surface area contributed by atoms with Crippen molar-refractivity contribution in [2.45, 2.75) is 37.8 Å². The number of ether oxygens (including phenoxy) is 1. The van der Waals surface area contributed by atoms with Crippen molar-refractivity contribution >= 4 is 5.91 Å². The first-order valence-corrected chi connectivity index (χ1v) is 7.88. The molecule has 0 aromatic carbocycles. The van der Waals surface area contributed by atoms with Crippen LogP contribution in [0, 0.1) is 0 Å². The average molecular weight is 317 g/mol. The van der Waals surface area contributed by atoms with Crippen LogP contribution in [0.2, 0.25) is 0 Å². The van der Waals surface area contributed by atoms with Crippen molar-refractivity contribution < 1.29 is 14.1 Å². The van der Waals surface area contributed by atoms with E-state index in [0.29, 0.717) is 30.5 Å². The van der Waals surface area contributed by atoms with Crippen LogP contribution in [0.1, 0.15) is 53.8 Å². The fourth-order valence-corrected chi connectivity index (χ4v) is 2.95. The quantitative estimate of drug-likeness (QED) is 0.847. The number of aryl methyl sites for hydroxylation is 1. The van der Waals surface area contributed by atoms with Crippen molar-refractivity contribution in [3.05, 3.63) is 29.7 Å². The molecule has 0 bridgehead atoms. The van der Waals surface area contributed by atoms with E-state index in [4.69, 9.17) is 9.26 Å². The second-order valence-electron chi connectivity index (χ2n) is 6.19. The van der Waals surface area contributed by atoms with Gasteiger partial charge in [0.1, 0.15) is 6.04 Å². The summed E-state index contributed by atoms with van der Waals surface area (Å²) in [7, 11) is 1.79. The molecule has 3 heterocycles. The Kier molecular flexibility index (Phi) is 3.41. The molecule has 1 saturated carbocycles. The van der Waals surface area contributed by atoms with Crippen LogP contribution in [-0.4, -0.2) is 50.0 Å². The summed E-state index contributed by atoms with van der Waals surface area (Å²) in [5.74, 6) is 1.52. The van der Waals surface area contributed by atoms with E-state index in [1.54, 1.807) is 29.0 Å². The lowest BCUT2D eigenvalue weighted by molar-refractivity contribution is -0.0600. The van der Waals surface area contributed by atoms with E-state index in [0.717, 1.165) is 18.7 Å². The molecule has 0 N–H and O–H groups in total. The molecule has 0 radical (unpaired) electrons. The van der Waals surface area contributed by atoms with Crippen molar-refractivity contribution in [3.8, 4) is 0 Å². The predicted octanol–water partition coefficient (Wildman–Crippen LogP) is 1.28. The summed E-state index contributed by atoms with van der Waals surface area (Å²) in [4.78, 5) is 19.1. The molecule has 8 heteroatoms. The van der Waals surface area contributed by atoms with Gasteiger partial charge >= 0.3 is 0 Å². The molecule has 8 nitrogen and oxygen atoms in total. The molecule has 4 rings (SSSR count). The zero-order valence-electron chi connectivity index (χ0n) is 13.2. The highest BCUT2D eigenvalue weighted by atomic mass is 16.5. The lowest BCUT2D eigenvalue weighted by Gasteiger charge is -2.37. The maximum atomic E-state index is 12.8. The van der Waals surface area contributed by atoms with Crippen molar-refractivity contribution in [2.75, 3.05) is 13.2 Å². The fraction of sp³-hybridized carbons (Fsp3) is 0.600. The number of morpholine rings is 1. The summed E-state index contributed by atoms with van der Waals surface area (Å²) in [6.07, 6.45) is 5.30. The summed E-state index contributed by atoms with van der Waals surface area (Å²) < 4.78 is 12.8. The van der Waals surface area contributed by atoms with Gasteiger partial charge in [0.25, 0.3) is 11.8 Å². The van der Waals surface area contributed by atoms with Gasteiger partial charge in [-0.25, -0.2) is 0 Å². The molecular formula is C15H19N5O3. The first kappa shape index (κ1) is 14.4. The van der Waals surface area contributed by atoms with E-state index < -0.39 is 0 Å². The number of rotatable bonds is 3. The van der Waals surface area contributed by atoms with Crippen LogP contribution in [0.4, 0.5) is 0 Å². The van der Waals surface area contributed by atoms with Gasteiger partial charge in [-0.1, -0.05) is 5.16 Å². The number of carbonyl (C=O) groups is 1. The monoisotopic (exact) mass is 317 g/mol. The van der Waals surface area contributed by atoms with E-state index in [1.165, 1.54) is 0 Å². The highest BCUT2D eigenvalue weighted by molar-refractivity contribution is 5.94. The molecule has 2 fully saturated rings. The Labute approximate surface area is 133 Å². The molecule has 0 unspecified atom stereocenters. The normalized spacial score (nSPS) is 24.9. The molecule has 1 aliphatic carbocycles. The van der Waals surface area contributed by atoms with Gasteiger partial charge in [0.15, 0.2) is 5.82 Å². The fourth-order valence-electron chi connectivity index (χ4n) is 2.95. The molecule has 2 aromatic heterocycles. The van der Waals surface area contributed by atoms with Crippen molar-refractivity contribution in [3.63, 3.8) is 0 Å². The standard InChI is InChI=1S/C15H19N5O3/c1-9-12(14-17-13(18-23-14)10-3-4-10)20(5-6-22-9)15(21)11-7-16-19(2)8-11/h7-10,12H,3-6H2,1-2H3/t9-,12+/m1/s1. The van der Waals surface area contributed by atoms with Crippen LogP contribution < -0.4 is 0 Å². The molecule has 23 heavy (non-hydrogen) atoms. The van der Waals surface area contributed by atoms with Crippen LogP contribution >= 0.6 is 0 Å². The maximum Gasteiger partial charge on any atom is 0.257 e. The van der Waals surface area contributed by atoms with Crippen LogP contribution in [0.15, 0.2) is 16.9 Å². The molecular weight excluding hydrogens is 298 g/mol. The maximum absolute atomic E-state index is 12.8. The van der Waals surface area contributed by atoms with Crippen LogP contribution in [0.3, 0.4) is 0 Å². The Morgan fingerprint density at radius 2 is 2.22 bits per heavy atom. The minimum absolute atomic E-state index is 0.0931. The minimum atomic E-state index is -0.364. The van der Waals surface area contributed by atoms with Gasteiger partial charge in [0.2, 0.25) is 0 Å². The minimum Gasteiger partial charge on any atom is -0.374 e. The van der Waals surface area contributed by atoms with Gasteiger partial charge in [-0.2, -0.15) is 10.1 Å². The van der Waals surface area contributed by atoms with Gasteiger partial charge in [0, 0.05) is 25.7 Å². The summed E-state index contributed by atoms with van der Waals surface area (Å²) in [6.45, 7) is 2.91. The Bertz CT molecular complexity index is 720. The van der Waals surface area contributed by atoms with Gasteiger partial charge < -0.3 is 14.2 Å². The van der Waals surface area contributed by atoms with Gasteiger partial charge in [-0.05, 0) is 19.8 Å². The molecule has 1 saturated heterocycles. The Morgan fingerprint density at radius 3 is 2.91 bits per heavy atom. The largest absolute Gasteiger partial charge is 0.374 e. The topological polar surface area (TPSA) is 86.3 Å². The third-order valence-corrected chi connectivity index (χ3v) is 4.36. The van der Waals surface area contributed by atoms with Crippen molar-refractivity contribution in [1.29, 1.82) is 0 Å². The SMILES string of the molecule is C[C@H]1OCCN(C(=O)c2cnn(C)c2)[C@@H]1c1nc(C2CC2)no1. The molecule has 1 aliphatic heterocycles. The van der Waals surface area contributed by atoms with Crippen LogP contribution in [0.25, 0.3) is 0 Å². The summed E-state index contributed by atoms with van der Waals surface area (Å²) in [5.41, 5.74) is 0.550. The van der Waals surface area contributed by atoms with Crippen LogP contribution in [-0.2, 0) is 11.8 Å². The molecule has 0 spiro atoms. The highest BCUT2D eigenvalue weighted by Gasteiger charge is 2.39. The molecule has 2 aliphatic rings. The average Bonchev–Trinajstić information content (AvgIpc) is 3.12. The van der Waals surface area contributed by atoms with Crippen molar-refractivity contribution in [1.82, 2.24) is 24.8 Å². The number of amides is 1. The first-order chi connectivity index (χ1) is 11.1. The first-order valence-electron chi connectivity index (χ1n) is 7.88. The number of nitrogens with zero attached hydrogens (tertiary/aromatic N) is 5. The zero-order chi connectivity index (χ0) is 16.0. The lowest BCUT2D eigenvalue weighted by Crippen LogP contribution is -2.47.